The van der Waals surface area contributed by atoms with E-state index in [0.29, 0.717) is 23.2 Å². The van der Waals surface area contributed by atoms with Gasteiger partial charge in [0.1, 0.15) is 0 Å². The number of ketones is 1. The first-order chi connectivity index (χ1) is 9.60. The molecule has 0 spiro atoms. The van der Waals surface area contributed by atoms with Crippen molar-refractivity contribution in [2.45, 2.75) is 25.8 Å². The lowest BCUT2D eigenvalue weighted by Gasteiger charge is -2.36. The second-order valence-corrected chi connectivity index (χ2v) is 5.95. The Morgan fingerprint density at radius 2 is 2.10 bits per heavy atom. The Balaban J connectivity index is 1.88. The monoisotopic (exact) mass is 294 g/mol. The minimum absolute atomic E-state index is 0.146. The zero-order valence-corrected chi connectivity index (χ0v) is 13.1. The van der Waals surface area contributed by atoms with E-state index in [2.05, 4.69) is 23.8 Å². The number of piperidine rings is 1. The fourth-order valence-electron chi connectivity index (χ4n) is 2.79. The number of likely N-dealkylation sites (N-methyl/N-ethyl adjacent to an activating group) is 1. The topological polar surface area (TPSA) is 23.6 Å². The quantitative estimate of drug-likeness (QED) is 0.780. The molecule has 3 nitrogen and oxygen atoms in total. The zero-order chi connectivity index (χ0) is 14.5. The maximum absolute atomic E-state index is 12.3. The van der Waals surface area contributed by atoms with Gasteiger partial charge >= 0.3 is 0 Å². The lowest BCUT2D eigenvalue weighted by molar-refractivity contribution is 0.0858. The summed E-state index contributed by atoms with van der Waals surface area (Å²) in [5.74, 6) is 0.146. The van der Waals surface area contributed by atoms with Crippen LogP contribution in [0.1, 0.15) is 30.1 Å². The second-order valence-electron chi connectivity index (χ2n) is 5.51. The van der Waals surface area contributed by atoms with Gasteiger partial charge in [-0.2, -0.15) is 0 Å². The molecule has 110 valence electrons. The van der Waals surface area contributed by atoms with Crippen molar-refractivity contribution < 1.29 is 4.79 Å². The van der Waals surface area contributed by atoms with Gasteiger partial charge in [0.05, 0.1) is 6.54 Å². The van der Waals surface area contributed by atoms with E-state index in [1.807, 2.05) is 12.1 Å². The maximum atomic E-state index is 12.3. The standard InChI is InChI=1S/C16H23ClN2O/c1-3-19-9-7-15(8-10-19)18(2)12-16(20)13-5-4-6-14(17)11-13/h4-6,11,15H,3,7-10,12H2,1-2H3. The van der Waals surface area contributed by atoms with E-state index >= 15 is 0 Å². The van der Waals surface area contributed by atoms with Gasteiger partial charge in [0.2, 0.25) is 0 Å². The number of halogens is 1. The molecule has 0 amide bonds. The summed E-state index contributed by atoms with van der Waals surface area (Å²) in [5.41, 5.74) is 0.704. The van der Waals surface area contributed by atoms with Crippen LogP contribution >= 0.6 is 11.6 Å². The van der Waals surface area contributed by atoms with Gasteiger partial charge in [-0.1, -0.05) is 30.7 Å². The molecule has 0 atom stereocenters. The summed E-state index contributed by atoms with van der Waals surface area (Å²) in [4.78, 5) is 16.9. The van der Waals surface area contributed by atoms with Crippen LogP contribution in [0.5, 0.6) is 0 Å². The average molecular weight is 295 g/mol. The summed E-state index contributed by atoms with van der Waals surface area (Å²) in [5, 5.41) is 0.620. The lowest BCUT2D eigenvalue weighted by atomic mass is 10.0. The summed E-state index contributed by atoms with van der Waals surface area (Å²) in [6.07, 6.45) is 2.29. The van der Waals surface area contributed by atoms with Crippen LogP contribution in [0, 0.1) is 0 Å². The Labute approximate surface area is 126 Å². The molecule has 1 heterocycles. The van der Waals surface area contributed by atoms with Crippen LogP contribution < -0.4 is 0 Å². The number of carbonyl (C=O) groups is 1. The predicted molar refractivity (Wildman–Crippen MR) is 83.5 cm³/mol. The van der Waals surface area contributed by atoms with Gasteiger partial charge < -0.3 is 4.90 Å². The van der Waals surface area contributed by atoms with E-state index in [4.69, 9.17) is 11.6 Å². The summed E-state index contributed by atoms with van der Waals surface area (Å²) < 4.78 is 0. The van der Waals surface area contributed by atoms with E-state index < -0.39 is 0 Å². The van der Waals surface area contributed by atoms with Gasteiger partial charge in [0.15, 0.2) is 5.78 Å². The van der Waals surface area contributed by atoms with E-state index in [0.717, 1.165) is 32.5 Å². The molecule has 0 aliphatic carbocycles. The third-order valence-electron chi connectivity index (χ3n) is 4.17. The van der Waals surface area contributed by atoms with Gasteiger partial charge in [-0.3, -0.25) is 9.69 Å². The summed E-state index contributed by atoms with van der Waals surface area (Å²) in [6.45, 7) is 6.06. The third-order valence-corrected chi connectivity index (χ3v) is 4.40. The number of benzene rings is 1. The minimum Gasteiger partial charge on any atom is -0.303 e. The Hall–Kier alpha value is -0.900. The molecule has 0 aromatic heterocycles. The number of hydrogen-bond donors (Lipinski definition) is 0. The van der Waals surface area contributed by atoms with Gasteiger partial charge in [-0.15, -0.1) is 0 Å². The molecule has 1 aromatic carbocycles. The minimum atomic E-state index is 0.146. The van der Waals surface area contributed by atoms with Crippen molar-refractivity contribution in [3.05, 3.63) is 34.9 Å². The molecule has 1 aliphatic heterocycles. The van der Waals surface area contributed by atoms with Crippen LogP contribution in [0.15, 0.2) is 24.3 Å². The molecule has 2 rings (SSSR count). The first-order valence-electron chi connectivity index (χ1n) is 7.31. The molecule has 1 fully saturated rings. The Morgan fingerprint density at radius 3 is 2.70 bits per heavy atom. The number of carbonyl (C=O) groups excluding carboxylic acids is 1. The number of rotatable bonds is 5. The first-order valence-corrected chi connectivity index (χ1v) is 7.69. The molecule has 0 unspecified atom stereocenters. The van der Waals surface area contributed by atoms with Gasteiger partial charge in [-0.05, 0) is 51.7 Å². The molecule has 0 N–H and O–H groups in total. The molecular weight excluding hydrogens is 272 g/mol. The second kappa shape index (κ2) is 7.21. The SMILES string of the molecule is CCN1CCC(N(C)CC(=O)c2cccc(Cl)c2)CC1. The molecule has 0 bridgehead atoms. The normalized spacial score (nSPS) is 17.6. The third kappa shape index (κ3) is 4.05. The summed E-state index contributed by atoms with van der Waals surface area (Å²) in [6, 6.07) is 7.72. The van der Waals surface area contributed by atoms with E-state index in [1.54, 1.807) is 12.1 Å². The van der Waals surface area contributed by atoms with Gasteiger partial charge in [-0.25, -0.2) is 0 Å². The summed E-state index contributed by atoms with van der Waals surface area (Å²) >= 11 is 5.93. The van der Waals surface area contributed by atoms with Crippen molar-refractivity contribution in [3.63, 3.8) is 0 Å². The highest BCUT2D eigenvalue weighted by Crippen LogP contribution is 2.16. The van der Waals surface area contributed by atoms with Crippen molar-refractivity contribution in [2.75, 3.05) is 33.2 Å². The van der Waals surface area contributed by atoms with E-state index in [9.17, 15) is 4.79 Å². The van der Waals surface area contributed by atoms with Crippen molar-refractivity contribution >= 4 is 17.4 Å². The molecule has 1 aromatic rings. The number of Topliss-reactive ketones (excluding diaryl/α,β-unsaturated/α-hetero) is 1. The highest BCUT2D eigenvalue weighted by molar-refractivity contribution is 6.31. The highest BCUT2D eigenvalue weighted by atomic mass is 35.5. The molecule has 0 radical (unpaired) electrons. The van der Waals surface area contributed by atoms with Crippen molar-refractivity contribution in [1.82, 2.24) is 9.80 Å². The van der Waals surface area contributed by atoms with Crippen molar-refractivity contribution in [1.29, 1.82) is 0 Å². The first kappa shape index (κ1) is 15.5. The molecule has 0 saturated carbocycles. The van der Waals surface area contributed by atoms with Crippen molar-refractivity contribution in [2.24, 2.45) is 0 Å². The molecule has 20 heavy (non-hydrogen) atoms. The van der Waals surface area contributed by atoms with Crippen LogP contribution in [-0.4, -0.2) is 54.9 Å². The van der Waals surface area contributed by atoms with Crippen LogP contribution in [0.2, 0.25) is 5.02 Å². The molecule has 1 aliphatic rings. The zero-order valence-electron chi connectivity index (χ0n) is 12.3. The Bertz CT molecular complexity index is 456. The number of hydrogen-bond acceptors (Lipinski definition) is 3. The predicted octanol–water partition coefficient (Wildman–Crippen LogP) is 2.94. The lowest BCUT2D eigenvalue weighted by Crippen LogP contribution is -2.44. The van der Waals surface area contributed by atoms with Crippen molar-refractivity contribution in [3.8, 4) is 0 Å². The average Bonchev–Trinajstić information content (AvgIpc) is 2.47. The fourth-order valence-corrected chi connectivity index (χ4v) is 2.98. The van der Waals surface area contributed by atoms with E-state index in [1.165, 1.54) is 0 Å². The highest BCUT2D eigenvalue weighted by Gasteiger charge is 2.23. The largest absolute Gasteiger partial charge is 0.303 e. The van der Waals surface area contributed by atoms with Crippen LogP contribution in [0.25, 0.3) is 0 Å². The number of nitrogens with zero attached hydrogens (tertiary/aromatic N) is 2. The Morgan fingerprint density at radius 1 is 1.40 bits per heavy atom. The fraction of sp³-hybridized carbons (Fsp3) is 0.562. The van der Waals surface area contributed by atoms with Crippen LogP contribution in [-0.2, 0) is 0 Å². The molecule has 4 heteroatoms. The molecular formula is C16H23ClN2O. The maximum Gasteiger partial charge on any atom is 0.176 e. The van der Waals surface area contributed by atoms with Crippen LogP contribution in [0.3, 0.4) is 0 Å². The number of likely N-dealkylation sites (tertiary alicyclic amines) is 1. The van der Waals surface area contributed by atoms with E-state index in [-0.39, 0.29) is 5.78 Å². The summed E-state index contributed by atoms with van der Waals surface area (Å²) in [7, 11) is 2.05. The van der Waals surface area contributed by atoms with Gasteiger partial charge in [0.25, 0.3) is 0 Å². The van der Waals surface area contributed by atoms with Gasteiger partial charge in [0, 0.05) is 16.6 Å². The Kier molecular flexibility index (Phi) is 5.58. The van der Waals surface area contributed by atoms with Crippen LogP contribution in [0.4, 0.5) is 0 Å². The molecule has 1 saturated heterocycles. The smallest absolute Gasteiger partial charge is 0.176 e.